The molecule has 2 rings (SSSR count). The van der Waals surface area contributed by atoms with E-state index in [-0.39, 0.29) is 0 Å². The van der Waals surface area contributed by atoms with Gasteiger partial charge in [-0.1, -0.05) is 25.7 Å². The predicted octanol–water partition coefficient (Wildman–Crippen LogP) is 2.80. The van der Waals surface area contributed by atoms with Crippen LogP contribution in [-0.2, 0) is 7.05 Å². The van der Waals surface area contributed by atoms with Gasteiger partial charge in [0.05, 0.1) is 0 Å². The van der Waals surface area contributed by atoms with E-state index in [1.54, 1.807) is 0 Å². The van der Waals surface area contributed by atoms with E-state index in [2.05, 4.69) is 10.4 Å². The molecule has 1 aromatic heterocycles. The zero-order valence-electron chi connectivity index (χ0n) is 9.58. The van der Waals surface area contributed by atoms with Gasteiger partial charge in [-0.25, -0.2) is 0 Å². The molecule has 1 heterocycles. The van der Waals surface area contributed by atoms with Gasteiger partial charge in [0.25, 0.3) is 0 Å². The number of rotatable bonds is 3. The minimum absolute atomic E-state index is 0.856. The molecule has 1 fully saturated rings. The molecule has 1 saturated carbocycles. The van der Waals surface area contributed by atoms with E-state index in [0.717, 1.165) is 18.3 Å². The topological polar surface area (TPSA) is 29.9 Å². The van der Waals surface area contributed by atoms with E-state index in [4.69, 9.17) is 0 Å². The largest absolute Gasteiger partial charge is 0.368 e. The zero-order valence-corrected chi connectivity index (χ0v) is 9.58. The fourth-order valence-corrected chi connectivity index (χ4v) is 2.33. The van der Waals surface area contributed by atoms with Crippen molar-refractivity contribution >= 4 is 5.82 Å². The molecule has 1 aliphatic rings. The Hall–Kier alpha value is -0.990. The van der Waals surface area contributed by atoms with Crippen LogP contribution in [0.4, 0.5) is 5.82 Å². The van der Waals surface area contributed by atoms with Crippen LogP contribution in [-0.4, -0.2) is 16.3 Å². The Morgan fingerprint density at radius 3 is 2.67 bits per heavy atom. The normalized spacial score (nSPS) is 18.7. The molecule has 1 aliphatic carbocycles. The summed E-state index contributed by atoms with van der Waals surface area (Å²) >= 11 is 0. The summed E-state index contributed by atoms with van der Waals surface area (Å²) in [5, 5.41) is 7.76. The smallest absolute Gasteiger partial charge is 0.147 e. The highest BCUT2D eigenvalue weighted by Crippen LogP contribution is 2.22. The quantitative estimate of drug-likeness (QED) is 0.772. The molecule has 0 spiro atoms. The summed E-state index contributed by atoms with van der Waals surface area (Å²) in [6.45, 7) is 1.09. The van der Waals surface area contributed by atoms with Crippen LogP contribution in [0.2, 0.25) is 0 Å². The fraction of sp³-hybridized carbons (Fsp3) is 0.750. The van der Waals surface area contributed by atoms with Crippen LogP contribution in [0.1, 0.15) is 38.5 Å². The van der Waals surface area contributed by atoms with E-state index in [0.29, 0.717) is 0 Å². The van der Waals surface area contributed by atoms with Gasteiger partial charge >= 0.3 is 0 Å². The third-order valence-corrected chi connectivity index (χ3v) is 3.26. The van der Waals surface area contributed by atoms with Crippen LogP contribution in [0.15, 0.2) is 12.3 Å². The van der Waals surface area contributed by atoms with Crippen molar-refractivity contribution in [3.63, 3.8) is 0 Å². The van der Waals surface area contributed by atoms with Crippen molar-refractivity contribution < 1.29 is 0 Å². The van der Waals surface area contributed by atoms with E-state index in [1.807, 2.05) is 24.0 Å². The lowest BCUT2D eigenvalue weighted by Crippen LogP contribution is -2.14. The summed E-state index contributed by atoms with van der Waals surface area (Å²) in [5.74, 6) is 1.87. The predicted molar refractivity (Wildman–Crippen MR) is 62.9 cm³/mol. The minimum Gasteiger partial charge on any atom is -0.368 e. The minimum atomic E-state index is 0.856. The number of aromatic nitrogens is 2. The van der Waals surface area contributed by atoms with Crippen LogP contribution in [0.3, 0.4) is 0 Å². The number of hydrogen-bond acceptors (Lipinski definition) is 2. The Morgan fingerprint density at radius 1 is 1.33 bits per heavy atom. The molecule has 0 aromatic carbocycles. The molecular formula is C12H21N3. The summed E-state index contributed by atoms with van der Waals surface area (Å²) in [7, 11) is 1.96. The lowest BCUT2D eigenvalue weighted by atomic mass is 10.0. The van der Waals surface area contributed by atoms with Crippen molar-refractivity contribution in [2.75, 3.05) is 11.9 Å². The summed E-state index contributed by atoms with van der Waals surface area (Å²) in [4.78, 5) is 0. The van der Waals surface area contributed by atoms with Gasteiger partial charge in [-0.3, -0.25) is 4.68 Å². The number of aryl methyl sites for hydroxylation is 1. The molecule has 0 atom stereocenters. The lowest BCUT2D eigenvalue weighted by Gasteiger charge is -2.14. The van der Waals surface area contributed by atoms with Crippen LogP contribution in [0.5, 0.6) is 0 Å². The van der Waals surface area contributed by atoms with Gasteiger partial charge in [0.2, 0.25) is 0 Å². The molecule has 84 valence electrons. The number of hydrogen-bond donors (Lipinski definition) is 1. The van der Waals surface area contributed by atoms with Crippen molar-refractivity contribution in [3.05, 3.63) is 12.3 Å². The van der Waals surface area contributed by atoms with E-state index in [1.165, 1.54) is 38.5 Å². The third kappa shape index (κ3) is 3.26. The second-order valence-electron chi connectivity index (χ2n) is 4.61. The Labute approximate surface area is 91.9 Å². The Bertz CT molecular complexity index is 285. The Morgan fingerprint density at radius 2 is 2.07 bits per heavy atom. The molecule has 0 bridgehead atoms. The third-order valence-electron chi connectivity index (χ3n) is 3.26. The molecule has 1 N–H and O–H groups in total. The maximum absolute atomic E-state index is 4.32. The van der Waals surface area contributed by atoms with Gasteiger partial charge in [0.1, 0.15) is 5.82 Å². The first-order chi connectivity index (χ1) is 7.34. The molecule has 0 radical (unpaired) electrons. The van der Waals surface area contributed by atoms with E-state index >= 15 is 0 Å². The number of nitrogens with one attached hydrogen (secondary N) is 1. The molecule has 15 heavy (non-hydrogen) atoms. The second kappa shape index (κ2) is 5.19. The highest BCUT2D eigenvalue weighted by molar-refractivity contribution is 5.31. The summed E-state index contributed by atoms with van der Waals surface area (Å²) in [6.07, 6.45) is 10.4. The maximum atomic E-state index is 4.32. The van der Waals surface area contributed by atoms with Gasteiger partial charge in [-0.05, 0) is 18.8 Å². The van der Waals surface area contributed by atoms with Crippen molar-refractivity contribution in [3.8, 4) is 0 Å². The average molecular weight is 207 g/mol. The summed E-state index contributed by atoms with van der Waals surface area (Å²) in [5.41, 5.74) is 0. The molecule has 0 aliphatic heterocycles. The standard InChI is InChI=1S/C12H21N3/c1-15-9-8-12(14-15)13-10-11-6-4-2-3-5-7-11/h8-9,11H,2-7,10H2,1H3,(H,13,14). The second-order valence-corrected chi connectivity index (χ2v) is 4.61. The molecule has 0 saturated heterocycles. The first kappa shape index (κ1) is 10.5. The summed E-state index contributed by atoms with van der Waals surface area (Å²) in [6, 6.07) is 2.04. The van der Waals surface area contributed by atoms with Crippen LogP contribution < -0.4 is 5.32 Å². The summed E-state index contributed by atoms with van der Waals surface area (Å²) < 4.78 is 1.84. The van der Waals surface area contributed by atoms with Gasteiger partial charge in [-0.2, -0.15) is 5.10 Å². The van der Waals surface area contributed by atoms with Crippen molar-refractivity contribution in [1.82, 2.24) is 9.78 Å². The van der Waals surface area contributed by atoms with Crippen LogP contribution >= 0.6 is 0 Å². The van der Waals surface area contributed by atoms with Crippen LogP contribution in [0, 0.1) is 5.92 Å². The molecule has 0 amide bonds. The van der Waals surface area contributed by atoms with Gasteiger partial charge < -0.3 is 5.32 Å². The first-order valence-electron chi connectivity index (χ1n) is 6.08. The lowest BCUT2D eigenvalue weighted by molar-refractivity contribution is 0.482. The molecule has 3 heteroatoms. The maximum Gasteiger partial charge on any atom is 0.147 e. The highest BCUT2D eigenvalue weighted by atomic mass is 15.3. The van der Waals surface area contributed by atoms with Crippen molar-refractivity contribution in [2.24, 2.45) is 13.0 Å². The molecule has 3 nitrogen and oxygen atoms in total. The zero-order chi connectivity index (χ0) is 10.5. The Kier molecular flexibility index (Phi) is 3.64. The highest BCUT2D eigenvalue weighted by Gasteiger charge is 2.11. The monoisotopic (exact) mass is 207 g/mol. The van der Waals surface area contributed by atoms with Gasteiger partial charge in [0, 0.05) is 25.9 Å². The fourth-order valence-electron chi connectivity index (χ4n) is 2.33. The van der Waals surface area contributed by atoms with E-state index in [9.17, 15) is 0 Å². The van der Waals surface area contributed by atoms with E-state index < -0.39 is 0 Å². The van der Waals surface area contributed by atoms with Crippen molar-refractivity contribution in [1.29, 1.82) is 0 Å². The SMILES string of the molecule is Cn1ccc(NCC2CCCCCC2)n1. The Balaban J connectivity index is 1.76. The van der Waals surface area contributed by atoms with Crippen LogP contribution in [0.25, 0.3) is 0 Å². The average Bonchev–Trinajstić information content (AvgIpc) is 2.52. The van der Waals surface area contributed by atoms with Crippen molar-refractivity contribution in [2.45, 2.75) is 38.5 Å². The van der Waals surface area contributed by atoms with Gasteiger partial charge in [-0.15, -0.1) is 0 Å². The van der Waals surface area contributed by atoms with Gasteiger partial charge in [0.15, 0.2) is 0 Å². The molecule has 0 unspecified atom stereocenters. The molecule has 1 aromatic rings. The number of anilines is 1. The molecular weight excluding hydrogens is 186 g/mol. The number of nitrogens with zero attached hydrogens (tertiary/aromatic N) is 2. The first-order valence-corrected chi connectivity index (χ1v) is 6.08.